The molecule has 0 aromatic carbocycles. The topological polar surface area (TPSA) is 97.5 Å². The number of rotatable bonds is 4. The molecule has 0 bridgehead atoms. The van der Waals surface area contributed by atoms with Gasteiger partial charge in [-0.05, 0) is 34.1 Å². The molecule has 7 nitrogen and oxygen atoms in total. The highest BCUT2D eigenvalue weighted by molar-refractivity contribution is 9.11. The summed E-state index contributed by atoms with van der Waals surface area (Å²) in [6.07, 6.45) is 4.71. The normalized spacial score (nSPS) is 17.0. The van der Waals surface area contributed by atoms with Crippen molar-refractivity contribution in [2.24, 2.45) is 4.99 Å². The van der Waals surface area contributed by atoms with Gasteiger partial charge in [-0.1, -0.05) is 11.2 Å². The van der Waals surface area contributed by atoms with E-state index in [4.69, 9.17) is 4.52 Å². The summed E-state index contributed by atoms with van der Waals surface area (Å²) in [7, 11) is 0. The van der Waals surface area contributed by atoms with Crippen molar-refractivity contribution in [2.45, 2.75) is 12.5 Å². The standard InChI is InChI=1S/C13H9BrN4O3S/c14-9-4-3-8(22-9)13(20)16-6-10-17-11(18-21-10)7-2-1-5-15-12(7)19/h1-5,7H,6H2,(H,16,20). The number of dihydropyridines is 1. The maximum absolute atomic E-state index is 11.9. The number of nitrogens with zero attached hydrogens (tertiary/aromatic N) is 3. The lowest BCUT2D eigenvalue weighted by atomic mass is 10.1. The Morgan fingerprint density at radius 1 is 1.45 bits per heavy atom. The van der Waals surface area contributed by atoms with Gasteiger partial charge in [-0.3, -0.25) is 9.59 Å². The molecule has 3 rings (SSSR count). The van der Waals surface area contributed by atoms with E-state index in [1.807, 2.05) is 0 Å². The van der Waals surface area contributed by atoms with E-state index in [9.17, 15) is 9.59 Å². The molecule has 3 heterocycles. The molecule has 1 unspecified atom stereocenters. The van der Waals surface area contributed by atoms with E-state index in [1.165, 1.54) is 17.6 Å². The number of amides is 2. The average Bonchev–Trinajstić information content (AvgIpc) is 3.14. The number of hydrogen-bond donors (Lipinski definition) is 1. The second-order valence-electron chi connectivity index (χ2n) is 4.31. The lowest BCUT2D eigenvalue weighted by Crippen LogP contribution is -2.22. The monoisotopic (exact) mass is 380 g/mol. The molecule has 9 heteroatoms. The minimum Gasteiger partial charge on any atom is -0.342 e. The molecule has 2 amide bonds. The van der Waals surface area contributed by atoms with Crippen LogP contribution in [0.25, 0.3) is 0 Å². The second kappa shape index (κ2) is 6.32. The molecule has 0 spiro atoms. The van der Waals surface area contributed by atoms with E-state index in [2.05, 4.69) is 36.4 Å². The first-order valence-electron chi connectivity index (χ1n) is 6.24. The number of allylic oxidation sites excluding steroid dienone is 1. The predicted octanol–water partition coefficient (Wildman–Crippen LogP) is 2.07. The Hall–Kier alpha value is -2.13. The summed E-state index contributed by atoms with van der Waals surface area (Å²) in [6.45, 7) is 0.0925. The van der Waals surface area contributed by atoms with Gasteiger partial charge in [0.25, 0.3) is 11.8 Å². The number of carbonyl (C=O) groups excluding carboxylic acids is 2. The third-order valence-electron chi connectivity index (χ3n) is 2.82. The van der Waals surface area contributed by atoms with Crippen LogP contribution in [-0.4, -0.2) is 28.2 Å². The van der Waals surface area contributed by atoms with Crippen LogP contribution in [0, 0.1) is 0 Å². The second-order valence-corrected chi connectivity index (χ2v) is 6.77. The summed E-state index contributed by atoms with van der Waals surface area (Å²) in [4.78, 5) is 31.9. The molecule has 0 aliphatic carbocycles. The maximum atomic E-state index is 11.9. The van der Waals surface area contributed by atoms with Gasteiger partial charge < -0.3 is 9.84 Å². The van der Waals surface area contributed by atoms with Crippen LogP contribution < -0.4 is 5.32 Å². The molecule has 22 heavy (non-hydrogen) atoms. The van der Waals surface area contributed by atoms with E-state index in [0.717, 1.165) is 3.79 Å². The Morgan fingerprint density at radius 2 is 2.32 bits per heavy atom. The van der Waals surface area contributed by atoms with Crippen molar-refractivity contribution in [1.29, 1.82) is 0 Å². The fourth-order valence-electron chi connectivity index (χ4n) is 1.78. The Kier molecular flexibility index (Phi) is 4.25. The highest BCUT2D eigenvalue weighted by Crippen LogP contribution is 2.22. The minimum atomic E-state index is -0.633. The largest absolute Gasteiger partial charge is 0.342 e. The number of hydrogen-bond acceptors (Lipinski definition) is 6. The first-order chi connectivity index (χ1) is 10.6. The van der Waals surface area contributed by atoms with Crippen LogP contribution >= 0.6 is 27.3 Å². The predicted molar refractivity (Wildman–Crippen MR) is 82.9 cm³/mol. The van der Waals surface area contributed by atoms with Crippen molar-refractivity contribution in [2.75, 3.05) is 0 Å². The minimum absolute atomic E-state index is 0.0925. The zero-order chi connectivity index (χ0) is 15.5. The molecule has 1 N–H and O–H groups in total. The van der Waals surface area contributed by atoms with Crippen molar-refractivity contribution >= 4 is 45.3 Å². The zero-order valence-electron chi connectivity index (χ0n) is 11.0. The van der Waals surface area contributed by atoms with Crippen LogP contribution in [0.15, 0.2) is 37.6 Å². The van der Waals surface area contributed by atoms with E-state index in [1.54, 1.807) is 24.3 Å². The highest BCUT2D eigenvalue weighted by atomic mass is 79.9. The van der Waals surface area contributed by atoms with Crippen LogP contribution in [0.4, 0.5) is 0 Å². The van der Waals surface area contributed by atoms with Gasteiger partial charge in [-0.25, -0.2) is 4.99 Å². The first-order valence-corrected chi connectivity index (χ1v) is 7.85. The van der Waals surface area contributed by atoms with Crippen LogP contribution in [0.5, 0.6) is 0 Å². The van der Waals surface area contributed by atoms with E-state index in [-0.39, 0.29) is 30.1 Å². The number of halogens is 1. The van der Waals surface area contributed by atoms with Gasteiger partial charge in [-0.15, -0.1) is 11.3 Å². The van der Waals surface area contributed by atoms with Crippen molar-refractivity contribution in [1.82, 2.24) is 15.5 Å². The lowest BCUT2D eigenvalue weighted by Gasteiger charge is -2.04. The summed E-state index contributed by atoms with van der Waals surface area (Å²) in [5, 5.41) is 6.43. The number of carbonyl (C=O) groups is 2. The quantitative estimate of drug-likeness (QED) is 0.875. The molecule has 2 aromatic rings. The molecule has 2 aromatic heterocycles. The van der Waals surface area contributed by atoms with Crippen LogP contribution in [0.3, 0.4) is 0 Å². The molecule has 0 fully saturated rings. The molecule has 1 atom stereocenters. The molecule has 1 aliphatic rings. The van der Waals surface area contributed by atoms with E-state index < -0.39 is 5.92 Å². The van der Waals surface area contributed by atoms with Crippen LogP contribution in [0.2, 0.25) is 0 Å². The summed E-state index contributed by atoms with van der Waals surface area (Å²) >= 11 is 4.62. The molecule has 0 radical (unpaired) electrons. The molecule has 0 saturated carbocycles. The fourth-order valence-corrected chi connectivity index (χ4v) is 3.08. The van der Waals surface area contributed by atoms with Crippen LogP contribution in [-0.2, 0) is 11.3 Å². The van der Waals surface area contributed by atoms with Gasteiger partial charge in [0.05, 0.1) is 15.2 Å². The van der Waals surface area contributed by atoms with Crippen molar-refractivity contribution in [3.8, 4) is 0 Å². The molecule has 1 aliphatic heterocycles. The van der Waals surface area contributed by atoms with E-state index >= 15 is 0 Å². The molecule has 0 saturated heterocycles. The third-order valence-corrected chi connectivity index (χ3v) is 4.44. The van der Waals surface area contributed by atoms with Crippen molar-refractivity contribution < 1.29 is 14.1 Å². The van der Waals surface area contributed by atoms with E-state index in [0.29, 0.717) is 4.88 Å². The summed E-state index contributed by atoms with van der Waals surface area (Å²) < 4.78 is 5.91. The van der Waals surface area contributed by atoms with Gasteiger partial charge in [0, 0.05) is 6.21 Å². The van der Waals surface area contributed by atoms with Gasteiger partial charge in [0.2, 0.25) is 5.89 Å². The molecule has 112 valence electrons. The third kappa shape index (κ3) is 3.20. The fraction of sp³-hybridized carbons (Fsp3) is 0.154. The maximum Gasteiger partial charge on any atom is 0.261 e. The van der Waals surface area contributed by atoms with Crippen LogP contribution in [0.1, 0.15) is 27.3 Å². The Labute approximate surface area is 137 Å². The number of aromatic nitrogens is 2. The van der Waals surface area contributed by atoms with Gasteiger partial charge in [0.1, 0.15) is 5.92 Å². The van der Waals surface area contributed by atoms with Gasteiger partial charge >= 0.3 is 0 Å². The highest BCUT2D eigenvalue weighted by Gasteiger charge is 2.24. The zero-order valence-corrected chi connectivity index (χ0v) is 13.4. The number of aliphatic imine (C=N–C) groups is 1. The van der Waals surface area contributed by atoms with Crippen molar-refractivity contribution in [3.63, 3.8) is 0 Å². The SMILES string of the molecule is O=C(NCc1nc(C2C=CC=NC2=O)no1)c1ccc(Br)s1. The first kappa shape index (κ1) is 14.8. The molecular formula is C13H9BrN4O3S. The van der Waals surface area contributed by atoms with Crippen molar-refractivity contribution in [3.05, 3.63) is 44.7 Å². The lowest BCUT2D eigenvalue weighted by molar-refractivity contribution is -0.118. The Balaban J connectivity index is 1.62. The summed E-state index contributed by atoms with van der Waals surface area (Å²) in [5.41, 5.74) is 0. The summed E-state index contributed by atoms with van der Waals surface area (Å²) in [6, 6.07) is 3.51. The average molecular weight is 381 g/mol. The Bertz CT molecular complexity index is 780. The van der Waals surface area contributed by atoms with Gasteiger partial charge in [-0.2, -0.15) is 4.98 Å². The summed E-state index contributed by atoms with van der Waals surface area (Å²) in [5.74, 6) is -0.738. The Morgan fingerprint density at radius 3 is 3.05 bits per heavy atom. The molecular weight excluding hydrogens is 372 g/mol. The number of nitrogens with one attached hydrogen (secondary N) is 1. The number of thiophene rings is 1. The smallest absolute Gasteiger partial charge is 0.261 e. The van der Waals surface area contributed by atoms with Gasteiger partial charge in [0.15, 0.2) is 5.82 Å².